The van der Waals surface area contributed by atoms with Gasteiger partial charge in [0.15, 0.2) is 0 Å². The van der Waals surface area contributed by atoms with Crippen molar-refractivity contribution in [2.45, 2.75) is 88.7 Å². The molecule has 0 aromatic rings. The summed E-state index contributed by atoms with van der Waals surface area (Å²) in [6.45, 7) is 2.33. The molecular weight excluding hydrogens is 252 g/mol. The van der Waals surface area contributed by atoms with Gasteiger partial charge in [0.05, 0.1) is 12.3 Å². The number of fused-ring (bicyclic) bond motifs is 2. The Morgan fingerprint density at radius 3 is 2.80 bits per heavy atom. The van der Waals surface area contributed by atoms with Crippen LogP contribution in [0, 0.1) is 5.92 Å². The number of carbonyl (C=O) groups excluding carboxylic acids is 1. The smallest absolute Gasteiger partial charge is 0.224 e. The quantitative estimate of drug-likeness (QED) is 0.734. The van der Waals surface area contributed by atoms with Crippen molar-refractivity contribution < 1.29 is 9.90 Å². The average Bonchev–Trinajstić information content (AvgIpc) is 2.41. The van der Waals surface area contributed by atoms with Crippen LogP contribution in [0.15, 0.2) is 0 Å². The van der Waals surface area contributed by atoms with Crippen molar-refractivity contribution in [3.05, 3.63) is 0 Å². The second-order valence-corrected chi connectivity index (χ2v) is 7.45. The highest BCUT2D eigenvalue weighted by Gasteiger charge is 2.52. The molecule has 4 aliphatic rings. The molecule has 0 unspecified atom stereocenters. The van der Waals surface area contributed by atoms with E-state index in [-0.39, 0.29) is 18.3 Å². The van der Waals surface area contributed by atoms with Gasteiger partial charge in [0.25, 0.3) is 0 Å². The molecule has 4 aliphatic heterocycles. The molecule has 4 saturated heterocycles. The van der Waals surface area contributed by atoms with E-state index in [0.29, 0.717) is 23.9 Å². The molecule has 4 heterocycles. The van der Waals surface area contributed by atoms with Crippen molar-refractivity contribution in [1.82, 2.24) is 9.80 Å². The minimum atomic E-state index is -0.187. The zero-order valence-corrected chi connectivity index (χ0v) is 12.4. The van der Waals surface area contributed by atoms with Crippen LogP contribution in [0.25, 0.3) is 0 Å². The summed E-state index contributed by atoms with van der Waals surface area (Å²) in [5.74, 6) is 1.07. The molecule has 0 aliphatic carbocycles. The van der Waals surface area contributed by atoms with Crippen LogP contribution in [-0.2, 0) is 4.79 Å². The Balaban J connectivity index is 1.68. The second-order valence-electron chi connectivity index (χ2n) is 7.45. The van der Waals surface area contributed by atoms with Gasteiger partial charge in [0, 0.05) is 24.5 Å². The molecule has 4 heteroatoms. The summed E-state index contributed by atoms with van der Waals surface area (Å²) >= 11 is 0. The molecule has 4 fully saturated rings. The molecule has 4 rings (SSSR count). The Morgan fingerprint density at radius 1 is 1.10 bits per heavy atom. The fourth-order valence-electron chi connectivity index (χ4n) is 5.39. The average molecular weight is 278 g/mol. The number of aliphatic hydroxyl groups excluding tert-OH is 1. The standard InChI is InChI=1S/C16H26N2O2/c1-10-7-12-9-11-3-2-4-16(20)18(11)15-6-5-14(19)13(8-10)17(12)15/h10-15,19H,2-9H2,1H3/t10-,11+,12-,13-,14-,15+/m1/s1. The summed E-state index contributed by atoms with van der Waals surface area (Å²) in [7, 11) is 0. The van der Waals surface area contributed by atoms with E-state index in [0.717, 1.165) is 38.5 Å². The van der Waals surface area contributed by atoms with Crippen molar-refractivity contribution in [3.8, 4) is 0 Å². The van der Waals surface area contributed by atoms with Crippen LogP contribution in [0.3, 0.4) is 0 Å². The van der Waals surface area contributed by atoms with Crippen molar-refractivity contribution in [2.75, 3.05) is 0 Å². The Bertz CT molecular complexity index is 413. The van der Waals surface area contributed by atoms with Gasteiger partial charge in [-0.15, -0.1) is 0 Å². The van der Waals surface area contributed by atoms with E-state index in [2.05, 4.69) is 16.7 Å². The largest absolute Gasteiger partial charge is 0.391 e. The second kappa shape index (κ2) is 4.70. The number of piperidine rings is 3. The molecular formula is C16H26N2O2. The lowest BCUT2D eigenvalue weighted by Gasteiger charge is -2.61. The fourth-order valence-corrected chi connectivity index (χ4v) is 5.39. The summed E-state index contributed by atoms with van der Waals surface area (Å²) < 4.78 is 0. The summed E-state index contributed by atoms with van der Waals surface area (Å²) in [5, 5.41) is 10.4. The molecule has 20 heavy (non-hydrogen) atoms. The maximum absolute atomic E-state index is 12.4. The van der Waals surface area contributed by atoms with Crippen molar-refractivity contribution >= 4 is 5.91 Å². The third-order valence-corrected chi connectivity index (χ3v) is 6.11. The predicted molar refractivity (Wildman–Crippen MR) is 75.9 cm³/mol. The lowest BCUT2D eigenvalue weighted by Crippen LogP contribution is -2.72. The molecule has 1 amide bonds. The molecule has 0 saturated carbocycles. The first-order valence-corrected chi connectivity index (χ1v) is 8.42. The van der Waals surface area contributed by atoms with E-state index in [1.807, 2.05) is 0 Å². The lowest BCUT2D eigenvalue weighted by atomic mass is 9.75. The zero-order valence-electron chi connectivity index (χ0n) is 12.4. The molecule has 112 valence electrons. The number of hydrogen-bond acceptors (Lipinski definition) is 3. The van der Waals surface area contributed by atoms with Crippen molar-refractivity contribution in [2.24, 2.45) is 5.92 Å². The molecule has 0 spiro atoms. The van der Waals surface area contributed by atoms with Crippen LogP contribution in [0.2, 0.25) is 0 Å². The van der Waals surface area contributed by atoms with Gasteiger partial charge in [-0.3, -0.25) is 9.69 Å². The molecule has 0 bridgehead atoms. The van der Waals surface area contributed by atoms with Crippen LogP contribution in [-0.4, -0.2) is 51.2 Å². The summed E-state index contributed by atoms with van der Waals surface area (Å²) in [4.78, 5) is 17.1. The maximum Gasteiger partial charge on any atom is 0.224 e. The third kappa shape index (κ3) is 1.84. The van der Waals surface area contributed by atoms with E-state index >= 15 is 0 Å². The molecule has 0 aromatic carbocycles. The first-order valence-electron chi connectivity index (χ1n) is 8.42. The minimum absolute atomic E-state index is 0.187. The van der Waals surface area contributed by atoms with E-state index < -0.39 is 0 Å². The number of rotatable bonds is 0. The Kier molecular flexibility index (Phi) is 3.08. The van der Waals surface area contributed by atoms with Gasteiger partial charge >= 0.3 is 0 Å². The molecule has 1 N–H and O–H groups in total. The first-order chi connectivity index (χ1) is 9.65. The molecule has 0 aromatic heterocycles. The van der Waals surface area contributed by atoms with Crippen LogP contribution in [0.4, 0.5) is 0 Å². The van der Waals surface area contributed by atoms with Crippen LogP contribution in [0.5, 0.6) is 0 Å². The molecule has 0 radical (unpaired) electrons. The van der Waals surface area contributed by atoms with Gasteiger partial charge in [-0.2, -0.15) is 0 Å². The molecule has 6 atom stereocenters. The zero-order chi connectivity index (χ0) is 13.9. The van der Waals surface area contributed by atoms with Crippen molar-refractivity contribution in [3.63, 3.8) is 0 Å². The van der Waals surface area contributed by atoms with Gasteiger partial charge in [-0.1, -0.05) is 6.92 Å². The number of hydrogen-bond donors (Lipinski definition) is 1. The number of aliphatic hydroxyl groups is 1. The normalized spacial score (nSPS) is 48.7. The van der Waals surface area contributed by atoms with Gasteiger partial charge in [0.1, 0.15) is 0 Å². The minimum Gasteiger partial charge on any atom is -0.391 e. The van der Waals surface area contributed by atoms with E-state index in [9.17, 15) is 9.90 Å². The Morgan fingerprint density at radius 2 is 1.95 bits per heavy atom. The summed E-state index contributed by atoms with van der Waals surface area (Å²) in [6, 6.07) is 1.36. The van der Waals surface area contributed by atoms with Gasteiger partial charge in [-0.05, 0) is 50.9 Å². The summed E-state index contributed by atoms with van der Waals surface area (Å²) in [5.41, 5.74) is 0. The van der Waals surface area contributed by atoms with E-state index in [1.165, 1.54) is 12.8 Å². The van der Waals surface area contributed by atoms with E-state index in [4.69, 9.17) is 0 Å². The lowest BCUT2D eigenvalue weighted by molar-refractivity contribution is -0.185. The first kappa shape index (κ1) is 13.1. The SMILES string of the molecule is C[C@@H]1C[C@@H]2C[C@@H]3CCCC(=O)N3[C@H]3CC[C@@H](O)[C@@H](C1)N23. The third-order valence-electron chi connectivity index (χ3n) is 6.11. The van der Waals surface area contributed by atoms with Gasteiger partial charge in [0.2, 0.25) is 5.91 Å². The number of nitrogens with zero attached hydrogens (tertiary/aromatic N) is 2. The highest BCUT2D eigenvalue weighted by Crippen LogP contribution is 2.44. The van der Waals surface area contributed by atoms with Gasteiger partial charge < -0.3 is 10.0 Å². The Labute approximate surface area is 121 Å². The summed E-state index contributed by atoms with van der Waals surface area (Å²) in [6.07, 6.45) is 8.40. The van der Waals surface area contributed by atoms with Crippen LogP contribution in [0.1, 0.15) is 58.3 Å². The van der Waals surface area contributed by atoms with E-state index in [1.54, 1.807) is 0 Å². The highest BCUT2D eigenvalue weighted by molar-refractivity contribution is 5.77. The van der Waals surface area contributed by atoms with Crippen molar-refractivity contribution in [1.29, 1.82) is 0 Å². The Hall–Kier alpha value is -0.610. The topological polar surface area (TPSA) is 43.8 Å². The van der Waals surface area contributed by atoms with Gasteiger partial charge in [-0.25, -0.2) is 0 Å². The van der Waals surface area contributed by atoms with Crippen LogP contribution < -0.4 is 0 Å². The predicted octanol–water partition coefficient (Wildman–Crippen LogP) is 1.72. The number of amides is 1. The number of carbonyl (C=O) groups is 1. The highest BCUT2D eigenvalue weighted by atomic mass is 16.3. The maximum atomic E-state index is 12.4. The molecule has 4 nitrogen and oxygen atoms in total. The fraction of sp³-hybridized carbons (Fsp3) is 0.938. The monoisotopic (exact) mass is 278 g/mol. The van der Waals surface area contributed by atoms with Crippen LogP contribution >= 0.6 is 0 Å².